The monoisotopic (exact) mass is 794 g/mol. The average molecular weight is 795 g/mol. The number of phosphoric acid groups is 2. The topological polar surface area (TPSA) is 340 Å². The highest BCUT2D eigenvalue weighted by Gasteiger charge is 2.19. The van der Waals surface area contributed by atoms with Gasteiger partial charge in [0.05, 0.1) is 25.8 Å². The fourth-order valence-corrected chi connectivity index (χ4v) is 8.69. The van der Waals surface area contributed by atoms with Crippen LogP contribution in [0.3, 0.4) is 0 Å². The Morgan fingerprint density at radius 2 is 1.08 bits per heavy atom. The summed E-state index contributed by atoms with van der Waals surface area (Å²) in [6.45, 7) is 9.59. The summed E-state index contributed by atoms with van der Waals surface area (Å²) >= 11 is 0. The van der Waals surface area contributed by atoms with Crippen molar-refractivity contribution in [2.24, 2.45) is 0 Å². The number of hydrogen-bond donors (Lipinski definition) is 0. The molecule has 0 aliphatic heterocycles. The zero-order chi connectivity index (χ0) is 37.8. The summed E-state index contributed by atoms with van der Waals surface area (Å²) < 4.78 is 112. The van der Waals surface area contributed by atoms with Crippen LogP contribution >= 0.6 is 30.8 Å². The summed E-state index contributed by atoms with van der Waals surface area (Å²) in [7, 11) is -29.3. The minimum Gasteiger partial charge on any atom is -0.790 e. The Morgan fingerprint density at radius 1 is 0.729 bits per heavy atom. The summed E-state index contributed by atoms with van der Waals surface area (Å²) in [5.74, 6) is -0.262. The Balaban J connectivity index is 0.000000825. The molecule has 0 heterocycles. The van der Waals surface area contributed by atoms with Crippen molar-refractivity contribution >= 4 is 57.1 Å². The lowest BCUT2D eigenvalue weighted by Crippen LogP contribution is -2.22. The molecule has 0 saturated carbocycles. The van der Waals surface area contributed by atoms with Crippen LogP contribution < -0.4 is 29.4 Å². The van der Waals surface area contributed by atoms with Gasteiger partial charge in [0.1, 0.15) is 25.3 Å². The molecule has 2 aromatic rings. The van der Waals surface area contributed by atoms with Crippen LogP contribution in [0.15, 0.2) is 67.1 Å². The third-order valence-corrected chi connectivity index (χ3v) is 12.5. The highest BCUT2D eigenvalue weighted by atomic mass is 32.2. The number of hydrogen-bond acceptors (Lipinski definition) is 18. The predicted octanol–water partition coefficient (Wildman–Crippen LogP) is 0.306. The largest absolute Gasteiger partial charge is 0.790 e. The van der Waals surface area contributed by atoms with Crippen LogP contribution in [0.4, 0.5) is 0 Å². The molecule has 0 spiro atoms. The van der Waals surface area contributed by atoms with E-state index < -0.39 is 68.6 Å². The lowest BCUT2D eigenvalue weighted by Gasteiger charge is -2.36. The van der Waals surface area contributed by atoms with Gasteiger partial charge in [0.2, 0.25) is 0 Å². The van der Waals surface area contributed by atoms with E-state index in [1.807, 2.05) is 0 Å². The van der Waals surface area contributed by atoms with Gasteiger partial charge >= 0.3 is 0 Å². The van der Waals surface area contributed by atoms with Gasteiger partial charge in [-0.25, -0.2) is 16.8 Å². The maximum absolute atomic E-state index is 11.5. The van der Waals surface area contributed by atoms with E-state index >= 15 is 0 Å². The maximum Gasteiger partial charge on any atom is 0.143 e. The van der Waals surface area contributed by atoms with Crippen molar-refractivity contribution in [3.8, 4) is 0 Å². The fourth-order valence-electron chi connectivity index (χ4n) is 3.54. The van der Waals surface area contributed by atoms with Gasteiger partial charge in [-0.2, -0.15) is 0 Å². The summed E-state index contributed by atoms with van der Waals surface area (Å²) in [6.07, 6.45) is 0.456. The van der Waals surface area contributed by atoms with Crippen molar-refractivity contribution in [2.75, 3.05) is 0 Å². The molecule has 0 aliphatic rings. The first-order valence-corrected chi connectivity index (χ1v) is 22.2. The van der Waals surface area contributed by atoms with Gasteiger partial charge < -0.3 is 65.3 Å². The van der Waals surface area contributed by atoms with Gasteiger partial charge in [0.15, 0.2) is 0 Å². The molecule has 0 aliphatic carbocycles. The molecule has 24 heteroatoms. The normalized spacial score (nSPS) is 16.0. The molecule has 48 heavy (non-hydrogen) atoms. The van der Waals surface area contributed by atoms with Crippen LogP contribution in [-0.4, -0.2) is 31.2 Å². The zero-order valence-electron chi connectivity index (χ0n) is 25.1. The highest BCUT2D eigenvalue weighted by molar-refractivity contribution is 7.88. The molecule has 2 rings (SSSR count). The van der Waals surface area contributed by atoms with Gasteiger partial charge in [0.25, 0.3) is 0 Å². The van der Waals surface area contributed by atoms with Crippen molar-refractivity contribution in [3.05, 3.63) is 89.4 Å². The molecule has 0 bridgehead atoms. The van der Waals surface area contributed by atoms with Crippen molar-refractivity contribution in [2.45, 2.75) is 50.2 Å². The van der Waals surface area contributed by atoms with Crippen molar-refractivity contribution in [1.82, 2.24) is 0 Å². The molecule has 0 saturated heterocycles. The molecule has 18 nitrogen and oxygen atoms in total. The standard InChI is InChI=1S/C13H22O9P2S.C9H12O6P2.C2H4O3S/c1-3-13(25(19,20)21)8-10(2)12-6-4-11(5-7-12)9-23(14,15)22-24(16,17)18;1-2-8-3-5-9(6-4-8)7-16(10,11)15-17(12,13)14;1-2-6(3,4)5/h4-7,10,13H,3,8-9H2,1-2H3,(H,14,15)(H2,16,17,18)(H,19,20,21);2-6H,1,7H2,(H,10,11)(H2,12,13,14);2H,1H2,(H,3,4,5)/p-8. The smallest absolute Gasteiger partial charge is 0.143 e. The van der Waals surface area contributed by atoms with E-state index in [-0.39, 0.29) is 24.3 Å². The van der Waals surface area contributed by atoms with Gasteiger partial charge in [0, 0.05) is 23.0 Å². The molecule has 0 N–H and O–H groups in total. The van der Waals surface area contributed by atoms with Crippen LogP contribution in [0.2, 0.25) is 0 Å². The lowest BCUT2D eigenvalue weighted by atomic mass is 9.95. The van der Waals surface area contributed by atoms with Crippen LogP contribution in [0.1, 0.15) is 54.9 Å². The molecule has 0 amide bonds. The highest BCUT2D eigenvalue weighted by Crippen LogP contribution is 2.52. The van der Waals surface area contributed by atoms with Crippen molar-refractivity contribution in [1.29, 1.82) is 0 Å². The van der Waals surface area contributed by atoms with Crippen LogP contribution in [0.5, 0.6) is 0 Å². The second-order valence-electron chi connectivity index (χ2n) is 9.60. The molecular formula is C24H30O18P4S2-8. The summed E-state index contributed by atoms with van der Waals surface area (Å²) in [5.41, 5.74) is 1.99. The number of benzene rings is 2. The minimum atomic E-state index is -5.65. The van der Waals surface area contributed by atoms with E-state index in [2.05, 4.69) is 21.8 Å². The molecule has 2 aromatic carbocycles. The van der Waals surface area contributed by atoms with Crippen LogP contribution in [-0.2, 0) is 59.4 Å². The summed E-state index contributed by atoms with van der Waals surface area (Å²) in [5, 5.41) is -0.659. The second-order valence-corrected chi connectivity index (χ2v) is 18.7. The summed E-state index contributed by atoms with van der Waals surface area (Å²) in [6, 6.07) is 12.0. The predicted molar refractivity (Wildman–Crippen MR) is 160 cm³/mol. The Hall–Kier alpha value is -1.66. The first-order valence-electron chi connectivity index (χ1n) is 12.9. The minimum absolute atomic E-state index is 0.125. The van der Waals surface area contributed by atoms with Crippen molar-refractivity contribution in [3.63, 3.8) is 0 Å². The quantitative estimate of drug-likeness (QED) is 0.173. The van der Waals surface area contributed by atoms with Gasteiger partial charge in [-0.3, -0.25) is 0 Å². The first-order chi connectivity index (χ1) is 21.5. The summed E-state index contributed by atoms with van der Waals surface area (Å²) in [4.78, 5) is 63.8. The molecular weight excluding hydrogens is 764 g/mol. The molecule has 0 fully saturated rings. The first kappa shape index (κ1) is 46.3. The Labute approximate surface area is 278 Å². The fraction of sp³-hybridized carbons (Fsp3) is 0.333. The maximum atomic E-state index is 11.5. The SMILES string of the molecule is C=CS(=O)(=O)[O-].C=Cc1ccc(CP(=O)([O-])OP(=O)([O-])[O-])cc1.CCC(CC(C)c1ccc(CP(=O)([O-])OP(=O)([O-])[O-])cc1)S(=O)(=O)[O-]. The Morgan fingerprint density at radius 3 is 1.35 bits per heavy atom. The van der Waals surface area contributed by atoms with E-state index in [1.54, 1.807) is 32.1 Å². The number of rotatable bonds is 15. The van der Waals surface area contributed by atoms with Crippen LogP contribution in [0, 0.1) is 0 Å². The molecule has 0 aromatic heterocycles. The van der Waals surface area contributed by atoms with E-state index in [9.17, 15) is 73.6 Å². The Kier molecular flexibility index (Phi) is 18.4. The van der Waals surface area contributed by atoms with Crippen molar-refractivity contribution < 1.29 is 82.2 Å². The molecule has 4 atom stereocenters. The van der Waals surface area contributed by atoms with Crippen LogP contribution in [0.25, 0.3) is 6.08 Å². The zero-order valence-corrected chi connectivity index (χ0v) is 30.3. The van der Waals surface area contributed by atoms with Gasteiger partial charge in [-0.05, 0) is 41.0 Å². The lowest BCUT2D eigenvalue weighted by molar-refractivity contribution is -0.340. The Bertz CT molecular complexity index is 1750. The average Bonchev–Trinajstić information content (AvgIpc) is 2.89. The third kappa shape index (κ3) is 22.1. The van der Waals surface area contributed by atoms with E-state index in [1.165, 1.54) is 36.4 Å². The molecule has 274 valence electrons. The molecule has 0 radical (unpaired) electrons. The van der Waals surface area contributed by atoms with E-state index in [0.29, 0.717) is 16.5 Å². The van der Waals surface area contributed by atoms with E-state index in [4.69, 9.17) is 0 Å². The van der Waals surface area contributed by atoms with Gasteiger partial charge in [-0.15, -0.1) is 0 Å². The van der Waals surface area contributed by atoms with E-state index in [0.717, 1.165) is 5.56 Å². The van der Waals surface area contributed by atoms with Gasteiger partial charge in [-0.1, -0.05) is 81.6 Å². The second kappa shape index (κ2) is 19.1. The molecule has 4 unspecified atom stereocenters. The third-order valence-electron chi connectivity index (χ3n) is 5.65.